The molecular weight excluding hydrogens is 190 g/mol. The Kier molecular flexibility index (Phi) is 3.92. The van der Waals surface area contributed by atoms with Gasteiger partial charge in [-0.15, -0.1) is 12.3 Å². The van der Waals surface area contributed by atoms with Gasteiger partial charge in [0.25, 0.3) is 5.91 Å². The van der Waals surface area contributed by atoms with Crippen LogP contribution in [0.25, 0.3) is 0 Å². The van der Waals surface area contributed by atoms with Gasteiger partial charge in [0.2, 0.25) is 0 Å². The molecule has 1 aromatic heterocycles. The Hall–Kier alpha value is -1.76. The quantitative estimate of drug-likeness (QED) is 0.585. The summed E-state index contributed by atoms with van der Waals surface area (Å²) in [7, 11) is 1.81. The topological polar surface area (TPSA) is 46.9 Å². The zero-order chi connectivity index (χ0) is 11.3. The Morgan fingerprint density at radius 3 is 3.00 bits per heavy atom. The van der Waals surface area contributed by atoms with Crippen molar-refractivity contribution in [2.75, 3.05) is 6.54 Å². The Morgan fingerprint density at radius 1 is 1.73 bits per heavy atom. The zero-order valence-corrected chi connectivity index (χ0v) is 9.08. The minimum absolute atomic E-state index is 0.0855. The third kappa shape index (κ3) is 2.84. The van der Waals surface area contributed by atoms with Crippen LogP contribution in [-0.4, -0.2) is 22.2 Å². The summed E-state index contributed by atoms with van der Waals surface area (Å²) in [6.07, 6.45) is 8.18. The molecule has 0 bridgehead atoms. The lowest BCUT2D eigenvalue weighted by molar-refractivity contribution is 0.0952. The molecule has 1 amide bonds. The zero-order valence-electron chi connectivity index (χ0n) is 9.08. The van der Waals surface area contributed by atoms with Crippen molar-refractivity contribution in [3.8, 4) is 12.3 Å². The predicted octanol–water partition coefficient (Wildman–Crippen LogP) is 0.872. The van der Waals surface area contributed by atoms with Gasteiger partial charge in [-0.1, -0.05) is 0 Å². The maximum absolute atomic E-state index is 11.6. The van der Waals surface area contributed by atoms with Crippen molar-refractivity contribution in [1.29, 1.82) is 0 Å². The molecule has 0 aromatic carbocycles. The van der Waals surface area contributed by atoms with E-state index in [-0.39, 0.29) is 5.91 Å². The highest BCUT2D eigenvalue weighted by molar-refractivity contribution is 5.94. The first-order chi connectivity index (χ1) is 7.16. The molecule has 80 valence electrons. The maximum atomic E-state index is 11.6. The smallest absolute Gasteiger partial charge is 0.254 e. The number of aromatic nitrogens is 2. The van der Waals surface area contributed by atoms with Crippen molar-refractivity contribution in [1.82, 2.24) is 15.1 Å². The van der Waals surface area contributed by atoms with Crippen LogP contribution in [0.15, 0.2) is 6.20 Å². The van der Waals surface area contributed by atoms with Gasteiger partial charge in [-0.3, -0.25) is 9.48 Å². The second kappa shape index (κ2) is 5.20. The highest BCUT2D eigenvalue weighted by Gasteiger charge is 2.11. The summed E-state index contributed by atoms with van der Waals surface area (Å²) in [6.45, 7) is 2.47. The molecule has 0 atom stereocenters. The Labute approximate surface area is 89.7 Å². The van der Waals surface area contributed by atoms with Gasteiger partial charge in [0, 0.05) is 25.7 Å². The van der Waals surface area contributed by atoms with E-state index in [1.54, 1.807) is 10.9 Å². The van der Waals surface area contributed by atoms with E-state index in [4.69, 9.17) is 6.42 Å². The monoisotopic (exact) mass is 205 g/mol. The van der Waals surface area contributed by atoms with Crippen LogP contribution in [0.3, 0.4) is 0 Å². The standard InChI is InChI=1S/C11H15N3O/c1-4-5-6-7-12-11(15)10-8-13-14(3)9(10)2/h1,8H,5-7H2,2-3H3,(H,12,15). The molecule has 0 unspecified atom stereocenters. The van der Waals surface area contributed by atoms with Crippen LogP contribution < -0.4 is 5.32 Å². The number of hydrogen-bond donors (Lipinski definition) is 1. The lowest BCUT2D eigenvalue weighted by Gasteiger charge is -2.02. The molecule has 0 radical (unpaired) electrons. The summed E-state index contributed by atoms with van der Waals surface area (Å²) in [5, 5.41) is 6.81. The fourth-order valence-corrected chi connectivity index (χ4v) is 1.21. The molecule has 1 rings (SSSR count). The number of rotatable bonds is 4. The van der Waals surface area contributed by atoms with E-state index in [2.05, 4.69) is 16.3 Å². The van der Waals surface area contributed by atoms with Gasteiger partial charge in [0.05, 0.1) is 11.8 Å². The molecule has 15 heavy (non-hydrogen) atoms. The molecule has 4 heteroatoms. The van der Waals surface area contributed by atoms with Crippen molar-refractivity contribution < 1.29 is 4.79 Å². The number of terminal acetylenes is 1. The lowest BCUT2D eigenvalue weighted by atomic mass is 10.2. The summed E-state index contributed by atoms with van der Waals surface area (Å²) in [5.41, 5.74) is 1.49. The minimum Gasteiger partial charge on any atom is -0.352 e. The highest BCUT2D eigenvalue weighted by Crippen LogP contribution is 2.04. The second-order valence-electron chi connectivity index (χ2n) is 3.33. The molecule has 4 nitrogen and oxygen atoms in total. The summed E-state index contributed by atoms with van der Waals surface area (Å²) in [6, 6.07) is 0. The third-order valence-electron chi connectivity index (χ3n) is 2.26. The highest BCUT2D eigenvalue weighted by atomic mass is 16.1. The van der Waals surface area contributed by atoms with Crippen LogP contribution in [0.4, 0.5) is 0 Å². The van der Waals surface area contributed by atoms with E-state index < -0.39 is 0 Å². The van der Waals surface area contributed by atoms with Crippen LogP contribution in [0.5, 0.6) is 0 Å². The molecule has 0 aliphatic carbocycles. The summed E-state index contributed by atoms with van der Waals surface area (Å²) in [4.78, 5) is 11.6. The van der Waals surface area contributed by atoms with Crippen LogP contribution in [0, 0.1) is 19.3 Å². The molecule has 0 aliphatic heterocycles. The van der Waals surface area contributed by atoms with Crippen molar-refractivity contribution >= 4 is 5.91 Å². The fraction of sp³-hybridized carbons (Fsp3) is 0.455. The first-order valence-corrected chi connectivity index (χ1v) is 4.87. The second-order valence-corrected chi connectivity index (χ2v) is 3.33. The maximum Gasteiger partial charge on any atom is 0.254 e. The number of aryl methyl sites for hydroxylation is 1. The molecule has 0 saturated heterocycles. The molecule has 0 aliphatic rings. The first-order valence-electron chi connectivity index (χ1n) is 4.87. The van der Waals surface area contributed by atoms with E-state index >= 15 is 0 Å². The van der Waals surface area contributed by atoms with Crippen LogP contribution in [-0.2, 0) is 7.05 Å². The number of nitrogens with zero attached hydrogens (tertiary/aromatic N) is 2. The van der Waals surface area contributed by atoms with Gasteiger partial charge in [-0.2, -0.15) is 5.10 Å². The fourth-order valence-electron chi connectivity index (χ4n) is 1.21. The van der Waals surface area contributed by atoms with Gasteiger partial charge in [-0.05, 0) is 13.3 Å². The van der Waals surface area contributed by atoms with E-state index in [1.165, 1.54) is 0 Å². The Balaban J connectivity index is 2.48. The molecule has 1 aromatic rings. The van der Waals surface area contributed by atoms with E-state index in [9.17, 15) is 4.79 Å². The van der Waals surface area contributed by atoms with Gasteiger partial charge in [-0.25, -0.2) is 0 Å². The molecule has 1 N–H and O–H groups in total. The predicted molar refractivity (Wildman–Crippen MR) is 58.3 cm³/mol. The summed E-state index contributed by atoms with van der Waals surface area (Å²) >= 11 is 0. The number of hydrogen-bond acceptors (Lipinski definition) is 2. The molecule has 0 spiro atoms. The molecular formula is C11H15N3O. The Bertz CT molecular complexity index is 387. The minimum atomic E-state index is -0.0855. The number of carbonyl (C=O) groups excluding carboxylic acids is 1. The van der Waals surface area contributed by atoms with Gasteiger partial charge in [0.1, 0.15) is 0 Å². The first kappa shape index (κ1) is 11.3. The lowest BCUT2D eigenvalue weighted by Crippen LogP contribution is -2.24. The number of carbonyl (C=O) groups is 1. The van der Waals surface area contributed by atoms with E-state index in [0.717, 1.165) is 12.1 Å². The van der Waals surface area contributed by atoms with Crippen LogP contribution in [0.1, 0.15) is 28.9 Å². The largest absolute Gasteiger partial charge is 0.352 e. The van der Waals surface area contributed by atoms with Gasteiger partial charge < -0.3 is 5.32 Å². The SMILES string of the molecule is C#CCCCNC(=O)c1cnn(C)c1C. The van der Waals surface area contributed by atoms with E-state index in [0.29, 0.717) is 18.5 Å². The summed E-state index contributed by atoms with van der Waals surface area (Å²) < 4.78 is 1.68. The normalized spacial score (nSPS) is 9.67. The molecule has 1 heterocycles. The average molecular weight is 205 g/mol. The van der Waals surface area contributed by atoms with Crippen molar-refractivity contribution in [2.24, 2.45) is 7.05 Å². The number of nitrogens with one attached hydrogen (secondary N) is 1. The average Bonchev–Trinajstić information content (AvgIpc) is 2.55. The van der Waals surface area contributed by atoms with Gasteiger partial charge >= 0.3 is 0 Å². The van der Waals surface area contributed by atoms with Crippen molar-refractivity contribution in [3.05, 3.63) is 17.5 Å². The van der Waals surface area contributed by atoms with E-state index in [1.807, 2.05) is 14.0 Å². The molecule has 0 saturated carbocycles. The Morgan fingerprint density at radius 2 is 2.47 bits per heavy atom. The summed E-state index contributed by atoms with van der Waals surface area (Å²) in [5.74, 6) is 2.44. The van der Waals surface area contributed by atoms with Gasteiger partial charge in [0.15, 0.2) is 0 Å². The number of amides is 1. The van der Waals surface area contributed by atoms with Crippen molar-refractivity contribution in [3.63, 3.8) is 0 Å². The third-order valence-corrected chi connectivity index (χ3v) is 2.26. The van der Waals surface area contributed by atoms with Crippen molar-refractivity contribution in [2.45, 2.75) is 19.8 Å². The van der Waals surface area contributed by atoms with Crippen LogP contribution in [0.2, 0.25) is 0 Å². The molecule has 0 fully saturated rings. The number of unbranched alkanes of at least 4 members (excludes halogenated alkanes) is 1. The van der Waals surface area contributed by atoms with Crippen LogP contribution >= 0.6 is 0 Å².